The van der Waals surface area contributed by atoms with Crippen molar-refractivity contribution in [3.63, 3.8) is 0 Å². The maximum atomic E-state index is 13.5. The average Bonchev–Trinajstić information content (AvgIpc) is 3.48. The number of rotatable bonds is 3. The van der Waals surface area contributed by atoms with Crippen LogP contribution in [0.15, 0.2) is 42.7 Å². The maximum absolute atomic E-state index is 13.5. The van der Waals surface area contributed by atoms with Crippen molar-refractivity contribution in [2.24, 2.45) is 5.73 Å². The Bertz CT molecular complexity index is 1380. The summed E-state index contributed by atoms with van der Waals surface area (Å²) in [5, 5.41) is 5.76. The number of pyridine rings is 2. The second-order valence-electron chi connectivity index (χ2n) is 9.37. The van der Waals surface area contributed by atoms with E-state index in [0.717, 1.165) is 66.9 Å². The van der Waals surface area contributed by atoms with Gasteiger partial charge in [-0.25, -0.2) is 19.5 Å². The van der Waals surface area contributed by atoms with Crippen molar-refractivity contribution in [1.29, 1.82) is 0 Å². The summed E-state index contributed by atoms with van der Waals surface area (Å²) >= 11 is 0. The lowest BCUT2D eigenvalue weighted by Gasteiger charge is -2.34. The molecule has 9 nitrogen and oxygen atoms in total. The zero-order valence-electron chi connectivity index (χ0n) is 19.3. The number of nitrogens with two attached hydrogens (primary N) is 1. The number of likely N-dealkylation sites (tertiary alicyclic amines) is 1. The molecule has 0 aromatic carbocycles. The smallest absolute Gasteiger partial charge is 0.273 e. The Hall–Kier alpha value is -3.59. The first-order valence-corrected chi connectivity index (χ1v) is 12.0. The first-order chi connectivity index (χ1) is 16.6. The second kappa shape index (κ2) is 8.32. The van der Waals surface area contributed by atoms with E-state index in [4.69, 9.17) is 15.8 Å². The van der Waals surface area contributed by atoms with Gasteiger partial charge in [-0.3, -0.25) is 4.79 Å². The highest BCUT2D eigenvalue weighted by molar-refractivity contribution is 5.94. The molecule has 4 aromatic heterocycles. The van der Waals surface area contributed by atoms with E-state index in [2.05, 4.69) is 21.8 Å². The number of hydrogen-bond donors (Lipinski definition) is 1. The van der Waals surface area contributed by atoms with Gasteiger partial charge in [0.25, 0.3) is 5.91 Å². The Morgan fingerprint density at radius 1 is 1.12 bits per heavy atom. The molecule has 174 valence electrons. The van der Waals surface area contributed by atoms with Gasteiger partial charge >= 0.3 is 0 Å². The normalized spacial score (nSPS) is 21.0. The molecule has 2 fully saturated rings. The number of aryl methyl sites for hydroxylation is 1. The molecule has 2 saturated heterocycles. The lowest BCUT2D eigenvalue weighted by atomic mass is 9.99. The van der Waals surface area contributed by atoms with E-state index in [1.54, 1.807) is 12.3 Å². The van der Waals surface area contributed by atoms with Crippen molar-refractivity contribution < 1.29 is 4.79 Å². The third kappa shape index (κ3) is 3.66. The molecule has 0 bridgehead atoms. The zero-order valence-corrected chi connectivity index (χ0v) is 19.3. The minimum Gasteiger partial charge on any atom is -0.355 e. The molecule has 4 aromatic rings. The topological polar surface area (TPSA) is 106 Å². The number of piperidine rings is 1. The van der Waals surface area contributed by atoms with Crippen molar-refractivity contribution in [2.75, 3.05) is 24.5 Å². The SMILES string of the molecule is Cc1cn2nc(C3CCCCN3C(=O)c3ccc4cccnc4n3)cc2nc1N1CCC(N)C1. The van der Waals surface area contributed by atoms with Gasteiger partial charge in [-0.2, -0.15) is 5.10 Å². The number of amides is 1. The summed E-state index contributed by atoms with van der Waals surface area (Å²) in [6.45, 7) is 4.49. The molecule has 1 amide bonds. The van der Waals surface area contributed by atoms with Crippen LogP contribution < -0.4 is 10.6 Å². The van der Waals surface area contributed by atoms with Crippen molar-refractivity contribution in [1.82, 2.24) is 29.5 Å². The third-order valence-corrected chi connectivity index (χ3v) is 6.94. The molecule has 2 atom stereocenters. The summed E-state index contributed by atoms with van der Waals surface area (Å²) in [7, 11) is 0. The highest BCUT2D eigenvalue weighted by Crippen LogP contribution is 2.32. The molecule has 6 rings (SSSR count). The fourth-order valence-corrected chi connectivity index (χ4v) is 5.18. The molecule has 2 aliphatic rings. The zero-order chi connectivity index (χ0) is 23.2. The van der Waals surface area contributed by atoms with E-state index < -0.39 is 0 Å². The van der Waals surface area contributed by atoms with Crippen molar-refractivity contribution in [3.8, 4) is 0 Å². The number of nitrogens with zero attached hydrogens (tertiary/aromatic N) is 7. The summed E-state index contributed by atoms with van der Waals surface area (Å²) in [6.07, 6.45) is 7.60. The Balaban J connectivity index is 1.33. The fourth-order valence-electron chi connectivity index (χ4n) is 5.18. The van der Waals surface area contributed by atoms with E-state index in [9.17, 15) is 4.79 Å². The van der Waals surface area contributed by atoms with E-state index >= 15 is 0 Å². The molecular formula is C25H28N8O. The Morgan fingerprint density at radius 2 is 2.03 bits per heavy atom. The maximum Gasteiger partial charge on any atom is 0.273 e. The van der Waals surface area contributed by atoms with E-state index in [1.807, 2.05) is 39.9 Å². The summed E-state index contributed by atoms with van der Waals surface area (Å²) in [6, 6.07) is 9.62. The van der Waals surface area contributed by atoms with Crippen LogP contribution in [0.4, 0.5) is 5.82 Å². The van der Waals surface area contributed by atoms with Gasteiger partial charge < -0.3 is 15.5 Å². The van der Waals surface area contributed by atoms with Gasteiger partial charge in [-0.1, -0.05) is 0 Å². The largest absolute Gasteiger partial charge is 0.355 e. The van der Waals surface area contributed by atoms with Crippen LogP contribution in [0.1, 0.15) is 53.5 Å². The third-order valence-electron chi connectivity index (χ3n) is 6.94. The van der Waals surface area contributed by atoms with Gasteiger partial charge in [0.15, 0.2) is 11.3 Å². The van der Waals surface area contributed by atoms with E-state index in [1.165, 1.54) is 0 Å². The molecule has 2 aliphatic heterocycles. The Kier molecular flexibility index (Phi) is 5.13. The van der Waals surface area contributed by atoms with Crippen LogP contribution in [0.5, 0.6) is 0 Å². The summed E-state index contributed by atoms with van der Waals surface area (Å²) in [5.74, 6) is 0.890. The number of carbonyl (C=O) groups excluding carboxylic acids is 1. The van der Waals surface area contributed by atoms with Gasteiger partial charge in [-0.05, 0) is 56.9 Å². The highest BCUT2D eigenvalue weighted by Gasteiger charge is 2.32. The number of fused-ring (bicyclic) bond motifs is 2. The van der Waals surface area contributed by atoms with Gasteiger partial charge in [0, 0.05) is 55.1 Å². The molecule has 34 heavy (non-hydrogen) atoms. The molecule has 0 saturated carbocycles. The van der Waals surface area contributed by atoms with Gasteiger partial charge in [0.05, 0.1) is 11.7 Å². The predicted octanol–water partition coefficient (Wildman–Crippen LogP) is 2.89. The van der Waals surface area contributed by atoms with Crippen LogP contribution in [0.25, 0.3) is 16.7 Å². The first-order valence-electron chi connectivity index (χ1n) is 12.0. The van der Waals surface area contributed by atoms with Crippen LogP contribution >= 0.6 is 0 Å². The second-order valence-corrected chi connectivity index (χ2v) is 9.37. The highest BCUT2D eigenvalue weighted by atomic mass is 16.2. The minimum absolute atomic E-state index is 0.0785. The molecule has 9 heteroatoms. The van der Waals surface area contributed by atoms with Crippen LogP contribution in [-0.4, -0.2) is 61.0 Å². The monoisotopic (exact) mass is 456 g/mol. The molecule has 0 aliphatic carbocycles. The molecule has 2 N–H and O–H groups in total. The van der Waals surface area contributed by atoms with Crippen LogP contribution in [-0.2, 0) is 0 Å². The van der Waals surface area contributed by atoms with Crippen LogP contribution in [0, 0.1) is 6.92 Å². The molecule has 2 unspecified atom stereocenters. The molecule has 6 heterocycles. The van der Waals surface area contributed by atoms with E-state index in [-0.39, 0.29) is 18.0 Å². The molecular weight excluding hydrogens is 428 g/mol. The lowest BCUT2D eigenvalue weighted by Crippen LogP contribution is -2.39. The van der Waals surface area contributed by atoms with Crippen molar-refractivity contribution >= 4 is 28.4 Å². The number of carbonyl (C=O) groups is 1. The van der Waals surface area contributed by atoms with Gasteiger partial charge in [0.2, 0.25) is 0 Å². The van der Waals surface area contributed by atoms with Gasteiger partial charge in [0.1, 0.15) is 11.5 Å². The standard InChI is InChI=1S/C25H28N8O/c1-16-14-33-22(29-24(16)31-12-9-18(26)15-31)13-20(30-33)21-6-2-3-11-32(21)25(34)19-8-7-17-5-4-10-27-23(17)28-19/h4-5,7-8,10,13-14,18,21H,2-3,6,9,11-12,15,26H2,1H3. The predicted molar refractivity (Wildman–Crippen MR) is 130 cm³/mol. The summed E-state index contributed by atoms with van der Waals surface area (Å²) in [4.78, 5) is 31.5. The molecule has 0 radical (unpaired) electrons. The van der Waals surface area contributed by atoms with Gasteiger partial charge in [-0.15, -0.1) is 0 Å². The minimum atomic E-state index is -0.104. The average molecular weight is 457 g/mol. The van der Waals surface area contributed by atoms with Crippen LogP contribution in [0.3, 0.4) is 0 Å². The Labute approximate surface area is 197 Å². The first kappa shape index (κ1) is 21.0. The molecule has 0 spiro atoms. The number of hydrogen-bond acceptors (Lipinski definition) is 7. The summed E-state index contributed by atoms with van der Waals surface area (Å²) < 4.78 is 1.83. The number of aromatic nitrogens is 5. The fraction of sp³-hybridized carbons (Fsp3) is 0.400. The quantitative estimate of drug-likeness (QED) is 0.505. The Morgan fingerprint density at radius 3 is 2.88 bits per heavy atom. The summed E-state index contributed by atoms with van der Waals surface area (Å²) in [5.41, 5.74) is 9.86. The lowest BCUT2D eigenvalue weighted by molar-refractivity contribution is 0.0600. The number of anilines is 1. The van der Waals surface area contributed by atoms with Crippen molar-refractivity contribution in [3.05, 3.63) is 59.7 Å². The van der Waals surface area contributed by atoms with Crippen molar-refractivity contribution in [2.45, 2.75) is 44.7 Å². The van der Waals surface area contributed by atoms with Crippen LogP contribution in [0.2, 0.25) is 0 Å². The van der Waals surface area contributed by atoms with E-state index in [0.29, 0.717) is 17.9 Å².